The van der Waals surface area contributed by atoms with Crippen LogP contribution >= 0.6 is 11.6 Å². The van der Waals surface area contributed by atoms with Crippen LogP contribution in [0.4, 0.5) is 21.5 Å². The van der Waals surface area contributed by atoms with Crippen LogP contribution in [-0.4, -0.2) is 11.8 Å². The van der Waals surface area contributed by atoms with Crippen molar-refractivity contribution >= 4 is 46.2 Å². The molecule has 7 nitrogen and oxygen atoms in total. The first-order valence-corrected chi connectivity index (χ1v) is 9.42. The monoisotopic (exact) mass is 439 g/mol. The molecule has 0 bridgehead atoms. The lowest BCUT2D eigenvalue weighted by Gasteiger charge is -2.16. The molecule has 3 aromatic carbocycles. The number of carbonyl (C=O) groups is 2. The van der Waals surface area contributed by atoms with E-state index in [1.807, 2.05) is 18.2 Å². The second-order valence-electron chi connectivity index (χ2n) is 6.53. The molecule has 8 N–H and O–H groups in total. The fraction of sp³-hybridized carbons (Fsp3) is 0. The lowest BCUT2D eigenvalue weighted by atomic mass is 10.1. The number of hydrogen-bond donors (Lipinski definition) is 5. The van der Waals surface area contributed by atoms with Gasteiger partial charge in [0.1, 0.15) is 11.5 Å². The van der Waals surface area contributed by atoms with E-state index in [1.54, 1.807) is 36.4 Å². The molecule has 31 heavy (non-hydrogen) atoms. The Morgan fingerprint density at radius 1 is 0.871 bits per heavy atom. The van der Waals surface area contributed by atoms with E-state index in [-0.39, 0.29) is 33.6 Å². The molecule has 3 rings (SSSR count). The van der Waals surface area contributed by atoms with Gasteiger partial charge >= 0.3 is 0 Å². The second-order valence-corrected chi connectivity index (χ2v) is 6.94. The number of para-hydroxylation sites is 1. The molecule has 0 atom stereocenters. The molecule has 2 amide bonds. The van der Waals surface area contributed by atoms with Crippen molar-refractivity contribution in [1.82, 2.24) is 0 Å². The van der Waals surface area contributed by atoms with Gasteiger partial charge in [0, 0.05) is 28.2 Å². The third-order valence-corrected chi connectivity index (χ3v) is 4.63. The highest BCUT2D eigenvalue weighted by Gasteiger charge is 2.17. The molecule has 0 fully saturated rings. The third-order valence-electron chi connectivity index (χ3n) is 4.34. The maximum Gasteiger partial charge on any atom is 0.266 e. The maximum absolute atomic E-state index is 14.0. The summed E-state index contributed by atoms with van der Waals surface area (Å²) in [6, 6.07) is 17.6. The van der Waals surface area contributed by atoms with Crippen molar-refractivity contribution in [2.24, 2.45) is 11.5 Å². The number of amides is 2. The number of nitrogens with one attached hydrogen (secondary N) is 2. The Morgan fingerprint density at radius 2 is 1.48 bits per heavy atom. The smallest absolute Gasteiger partial charge is 0.266 e. The Hall–Kier alpha value is -4.04. The van der Waals surface area contributed by atoms with E-state index >= 15 is 0 Å². The van der Waals surface area contributed by atoms with E-state index in [9.17, 15) is 14.0 Å². The molecule has 3 aromatic rings. The highest BCUT2D eigenvalue weighted by Crippen LogP contribution is 2.29. The molecule has 0 saturated carbocycles. The van der Waals surface area contributed by atoms with Crippen LogP contribution < -0.4 is 27.8 Å². The molecule has 0 radical (unpaired) electrons. The Bertz CT molecular complexity index is 1160. The van der Waals surface area contributed by atoms with Gasteiger partial charge in [0.15, 0.2) is 0 Å². The van der Waals surface area contributed by atoms with Gasteiger partial charge in [-0.1, -0.05) is 29.8 Å². The van der Waals surface area contributed by atoms with Crippen LogP contribution in [0.2, 0.25) is 5.02 Å². The van der Waals surface area contributed by atoms with Crippen LogP contribution in [0.25, 0.3) is 5.70 Å². The Labute approximate surface area is 182 Å². The zero-order chi connectivity index (χ0) is 22.5. The van der Waals surface area contributed by atoms with Gasteiger partial charge in [-0.3, -0.25) is 9.59 Å². The van der Waals surface area contributed by atoms with Crippen molar-refractivity contribution in [3.8, 4) is 0 Å². The van der Waals surface area contributed by atoms with Crippen molar-refractivity contribution in [1.29, 1.82) is 0 Å². The van der Waals surface area contributed by atoms with Gasteiger partial charge in [0.05, 0.1) is 10.7 Å². The highest BCUT2D eigenvalue weighted by molar-refractivity contribution is 6.31. The molecule has 0 aliphatic rings. The van der Waals surface area contributed by atoms with Crippen LogP contribution in [0.3, 0.4) is 0 Å². The van der Waals surface area contributed by atoms with Gasteiger partial charge in [-0.2, -0.15) is 0 Å². The van der Waals surface area contributed by atoms with Crippen LogP contribution in [0.15, 0.2) is 72.4 Å². The van der Waals surface area contributed by atoms with E-state index < -0.39 is 11.7 Å². The maximum atomic E-state index is 14.0. The predicted molar refractivity (Wildman–Crippen MR) is 121 cm³/mol. The number of hydrogen-bond acceptors (Lipinski definition) is 5. The highest BCUT2D eigenvalue weighted by atomic mass is 35.5. The van der Waals surface area contributed by atoms with E-state index in [2.05, 4.69) is 10.6 Å². The van der Waals surface area contributed by atoms with Crippen LogP contribution in [0, 0.1) is 5.82 Å². The average molecular weight is 440 g/mol. The molecule has 158 valence electrons. The number of nitrogen functional groups attached to an aromatic ring is 1. The first-order valence-electron chi connectivity index (χ1n) is 9.04. The van der Waals surface area contributed by atoms with Crippen molar-refractivity contribution in [2.45, 2.75) is 0 Å². The number of nitrogens with two attached hydrogens (primary N) is 3. The summed E-state index contributed by atoms with van der Waals surface area (Å²) >= 11 is 5.75. The summed E-state index contributed by atoms with van der Waals surface area (Å²) in [5.74, 6) is -1.96. The van der Waals surface area contributed by atoms with Crippen molar-refractivity contribution in [3.63, 3.8) is 0 Å². The van der Waals surface area contributed by atoms with Gasteiger partial charge in [0.25, 0.3) is 11.8 Å². The van der Waals surface area contributed by atoms with Crippen molar-refractivity contribution in [2.75, 3.05) is 16.4 Å². The van der Waals surface area contributed by atoms with E-state index in [0.717, 1.165) is 6.07 Å². The van der Waals surface area contributed by atoms with Crippen molar-refractivity contribution < 1.29 is 14.0 Å². The van der Waals surface area contributed by atoms with Crippen LogP contribution in [0.5, 0.6) is 0 Å². The molecule has 0 aliphatic heterocycles. The molecule has 0 spiro atoms. The number of benzene rings is 3. The fourth-order valence-corrected chi connectivity index (χ4v) is 2.93. The lowest BCUT2D eigenvalue weighted by Crippen LogP contribution is -2.24. The van der Waals surface area contributed by atoms with Gasteiger partial charge in [-0.05, 0) is 48.5 Å². The summed E-state index contributed by atoms with van der Waals surface area (Å²) in [6.07, 6.45) is 0. The number of primary amides is 1. The Morgan fingerprint density at radius 3 is 2.10 bits per heavy atom. The average Bonchev–Trinajstić information content (AvgIpc) is 2.75. The summed E-state index contributed by atoms with van der Waals surface area (Å²) in [5, 5.41) is 5.51. The van der Waals surface area contributed by atoms with Gasteiger partial charge in [0.2, 0.25) is 0 Å². The standard InChI is InChI=1S/C22H19ClFN5O2/c23-16-11-18(25)15(10-17(16)24)20(19(26)21(27)30)28-14-8-6-12(7-9-14)22(31)29-13-4-2-1-3-5-13/h1-11,28H,25-26H2,(H2,27,30)(H,29,31)/b20-19+. The third kappa shape index (κ3) is 5.12. The second kappa shape index (κ2) is 9.19. The Balaban J connectivity index is 1.87. The number of rotatable bonds is 6. The number of anilines is 3. The van der Waals surface area contributed by atoms with Gasteiger partial charge in [-0.15, -0.1) is 0 Å². The molecular weight excluding hydrogens is 421 g/mol. The Kier molecular flexibility index (Phi) is 6.42. The number of carbonyl (C=O) groups excluding carboxylic acids is 2. The van der Waals surface area contributed by atoms with E-state index in [0.29, 0.717) is 16.9 Å². The summed E-state index contributed by atoms with van der Waals surface area (Å²) in [5.41, 5.74) is 18.5. The largest absolute Gasteiger partial charge is 0.398 e. The first kappa shape index (κ1) is 21.7. The van der Waals surface area contributed by atoms with Crippen LogP contribution in [-0.2, 0) is 4.79 Å². The fourth-order valence-electron chi connectivity index (χ4n) is 2.76. The minimum atomic E-state index is -0.920. The van der Waals surface area contributed by atoms with E-state index in [4.69, 9.17) is 28.8 Å². The molecule has 0 heterocycles. The zero-order valence-corrected chi connectivity index (χ0v) is 16.9. The van der Waals surface area contributed by atoms with Gasteiger partial charge < -0.3 is 27.8 Å². The molecule has 0 unspecified atom stereocenters. The predicted octanol–water partition coefficient (Wildman–Crippen LogP) is 3.54. The summed E-state index contributed by atoms with van der Waals surface area (Å²) in [6.45, 7) is 0. The summed E-state index contributed by atoms with van der Waals surface area (Å²) in [4.78, 5) is 24.1. The molecule has 0 aliphatic carbocycles. The van der Waals surface area contributed by atoms with Crippen molar-refractivity contribution in [3.05, 3.63) is 94.4 Å². The van der Waals surface area contributed by atoms with Gasteiger partial charge in [-0.25, -0.2) is 4.39 Å². The summed E-state index contributed by atoms with van der Waals surface area (Å²) < 4.78 is 14.0. The SMILES string of the molecule is NC(=O)/C(N)=C(\Nc1ccc(C(=O)Nc2ccccc2)cc1)c1cc(F)c(Cl)cc1N. The normalized spacial score (nSPS) is 11.4. The quantitative estimate of drug-likeness (QED) is 0.295. The molecule has 0 aromatic heterocycles. The minimum Gasteiger partial charge on any atom is -0.398 e. The molecular formula is C22H19ClFN5O2. The number of halogens is 2. The lowest BCUT2D eigenvalue weighted by molar-refractivity contribution is -0.114. The summed E-state index contributed by atoms with van der Waals surface area (Å²) in [7, 11) is 0. The minimum absolute atomic E-state index is 0.0158. The zero-order valence-electron chi connectivity index (χ0n) is 16.2. The molecule has 0 saturated heterocycles. The molecule has 9 heteroatoms. The van der Waals surface area contributed by atoms with E-state index in [1.165, 1.54) is 6.07 Å². The van der Waals surface area contributed by atoms with Crippen LogP contribution in [0.1, 0.15) is 15.9 Å². The topological polar surface area (TPSA) is 136 Å². The first-order chi connectivity index (χ1) is 14.8.